The normalized spacial score (nSPS) is 12.8. The first-order valence-electron chi connectivity index (χ1n) is 5.95. The molecule has 1 aromatic rings. The van der Waals surface area contributed by atoms with Crippen LogP contribution in [-0.4, -0.2) is 39.3 Å². The van der Waals surface area contributed by atoms with E-state index in [-0.39, 0.29) is 6.20 Å². The second-order valence-corrected chi connectivity index (χ2v) is 4.38. The predicted molar refractivity (Wildman–Crippen MR) is 62.4 cm³/mol. The summed E-state index contributed by atoms with van der Waals surface area (Å²) in [5.74, 6) is -2.79. The van der Waals surface area contributed by atoms with Crippen molar-refractivity contribution >= 4 is 17.7 Å². The summed E-state index contributed by atoms with van der Waals surface area (Å²) in [6, 6.07) is 0. The lowest BCUT2D eigenvalue weighted by molar-refractivity contribution is -0.350. The van der Waals surface area contributed by atoms with Gasteiger partial charge in [-0.2, -0.15) is 26.3 Å². The van der Waals surface area contributed by atoms with Crippen molar-refractivity contribution in [3.63, 3.8) is 0 Å². The van der Waals surface area contributed by atoms with Gasteiger partial charge in [-0.05, 0) is 0 Å². The number of aliphatic carboxylic acids is 1. The SMILES string of the molecule is O=C(O)CCC(=O)Nc1cnc(C(F)(C(F)(F)F)C(F)(F)F)cn1. The Morgan fingerprint density at radius 2 is 1.50 bits per heavy atom. The Hall–Kier alpha value is -2.47. The molecule has 1 amide bonds. The van der Waals surface area contributed by atoms with E-state index in [9.17, 15) is 40.3 Å². The fraction of sp³-hybridized carbons (Fsp3) is 0.455. The maximum absolute atomic E-state index is 13.6. The number of carboxylic acid groups (broad SMARTS) is 1. The molecule has 6 nitrogen and oxygen atoms in total. The summed E-state index contributed by atoms with van der Waals surface area (Å²) < 4.78 is 88.5. The molecule has 0 fully saturated rings. The van der Waals surface area contributed by atoms with E-state index in [2.05, 4.69) is 9.97 Å². The van der Waals surface area contributed by atoms with Gasteiger partial charge in [0, 0.05) is 6.42 Å². The van der Waals surface area contributed by atoms with Crippen molar-refractivity contribution in [2.75, 3.05) is 5.32 Å². The van der Waals surface area contributed by atoms with Crippen LogP contribution in [0, 0.1) is 0 Å². The minimum Gasteiger partial charge on any atom is -0.481 e. The molecule has 1 heterocycles. The van der Waals surface area contributed by atoms with E-state index in [1.165, 1.54) is 0 Å². The molecule has 0 bridgehead atoms. The molecule has 0 aliphatic rings. The molecule has 0 unspecified atom stereocenters. The number of anilines is 1. The highest BCUT2D eigenvalue weighted by atomic mass is 19.4. The largest absolute Gasteiger partial charge is 0.481 e. The minimum atomic E-state index is -6.33. The summed E-state index contributed by atoms with van der Waals surface area (Å²) >= 11 is 0. The van der Waals surface area contributed by atoms with Crippen LogP contribution in [0.4, 0.5) is 36.6 Å². The third kappa shape index (κ3) is 4.08. The Balaban J connectivity index is 3.01. The third-order valence-electron chi connectivity index (χ3n) is 2.62. The Bertz CT molecular complexity index is 599. The van der Waals surface area contributed by atoms with Gasteiger partial charge >= 0.3 is 24.0 Å². The van der Waals surface area contributed by atoms with E-state index in [4.69, 9.17) is 5.11 Å². The zero-order valence-electron chi connectivity index (χ0n) is 11.4. The number of nitrogens with zero attached hydrogens (tertiary/aromatic N) is 2. The lowest BCUT2D eigenvalue weighted by Gasteiger charge is -2.28. The fourth-order valence-corrected chi connectivity index (χ4v) is 1.45. The number of aromatic nitrogens is 2. The lowest BCUT2D eigenvalue weighted by Crippen LogP contribution is -2.51. The first-order valence-corrected chi connectivity index (χ1v) is 5.95. The number of rotatable bonds is 5. The monoisotopic (exact) mass is 363 g/mol. The molecule has 0 aliphatic heterocycles. The summed E-state index contributed by atoms with van der Waals surface area (Å²) in [6.07, 6.45) is -13.6. The Kier molecular flexibility index (Phi) is 5.36. The van der Waals surface area contributed by atoms with Crippen LogP contribution < -0.4 is 5.32 Å². The van der Waals surface area contributed by atoms with Crippen molar-refractivity contribution in [2.24, 2.45) is 0 Å². The van der Waals surface area contributed by atoms with Crippen LogP contribution in [0.3, 0.4) is 0 Å². The smallest absolute Gasteiger partial charge is 0.437 e. The summed E-state index contributed by atoms with van der Waals surface area (Å²) in [4.78, 5) is 27.3. The predicted octanol–water partition coefficient (Wildman–Crippen LogP) is 2.57. The molecule has 1 rings (SSSR count). The maximum Gasteiger partial charge on any atom is 0.437 e. The van der Waals surface area contributed by atoms with Crippen molar-refractivity contribution in [1.82, 2.24) is 9.97 Å². The van der Waals surface area contributed by atoms with Gasteiger partial charge in [0.1, 0.15) is 5.69 Å². The molecule has 0 radical (unpaired) electrons. The van der Waals surface area contributed by atoms with Crippen LogP contribution in [0.2, 0.25) is 0 Å². The fourth-order valence-electron chi connectivity index (χ4n) is 1.45. The topological polar surface area (TPSA) is 92.2 Å². The number of halogens is 7. The van der Waals surface area contributed by atoms with Crippen molar-refractivity contribution in [1.29, 1.82) is 0 Å². The van der Waals surface area contributed by atoms with Crippen LogP contribution in [0.25, 0.3) is 0 Å². The van der Waals surface area contributed by atoms with Crippen LogP contribution in [0.1, 0.15) is 18.5 Å². The molecule has 0 saturated carbocycles. The van der Waals surface area contributed by atoms with E-state index in [1.807, 2.05) is 5.32 Å². The average Bonchev–Trinajstić information content (AvgIpc) is 2.42. The molecule has 24 heavy (non-hydrogen) atoms. The quantitative estimate of drug-likeness (QED) is 0.785. The minimum absolute atomic E-state index is 0.117. The standard InChI is InChI=1S/C11H8F7N3O3/c12-9(10(13,14)15,11(16,17)18)5-3-20-6(4-19-5)21-7(22)1-2-8(23)24/h3-4H,1-2H2,(H,23,24)(H,20,21,22). The maximum atomic E-state index is 13.6. The van der Waals surface area contributed by atoms with E-state index >= 15 is 0 Å². The summed E-state index contributed by atoms with van der Waals surface area (Å²) in [6.45, 7) is 0. The van der Waals surface area contributed by atoms with Crippen molar-refractivity contribution in [3.05, 3.63) is 18.1 Å². The van der Waals surface area contributed by atoms with Gasteiger partial charge in [0.05, 0.1) is 18.8 Å². The molecule has 0 aliphatic carbocycles. The number of hydrogen-bond donors (Lipinski definition) is 2. The van der Waals surface area contributed by atoms with E-state index in [1.54, 1.807) is 0 Å². The molecule has 13 heteroatoms. The molecule has 2 N–H and O–H groups in total. The van der Waals surface area contributed by atoms with Crippen LogP contribution >= 0.6 is 0 Å². The van der Waals surface area contributed by atoms with Gasteiger partial charge in [0.2, 0.25) is 5.91 Å². The number of carbonyl (C=O) groups excluding carboxylic acids is 1. The first kappa shape index (κ1) is 19.6. The van der Waals surface area contributed by atoms with Crippen LogP contribution in [-0.2, 0) is 15.3 Å². The van der Waals surface area contributed by atoms with Crippen molar-refractivity contribution in [3.8, 4) is 0 Å². The Labute approximate surface area is 128 Å². The highest BCUT2D eigenvalue weighted by molar-refractivity contribution is 5.91. The number of carboxylic acids is 1. The summed E-state index contributed by atoms with van der Waals surface area (Å²) in [7, 11) is 0. The van der Waals surface area contributed by atoms with Crippen LogP contribution in [0.15, 0.2) is 12.4 Å². The molecule has 0 spiro atoms. The average molecular weight is 363 g/mol. The lowest BCUT2D eigenvalue weighted by atomic mass is 10.0. The molecule has 0 saturated heterocycles. The zero-order valence-corrected chi connectivity index (χ0v) is 11.4. The number of nitrogens with one attached hydrogen (secondary N) is 1. The van der Waals surface area contributed by atoms with Crippen molar-refractivity contribution < 1.29 is 45.4 Å². The molecule has 0 atom stereocenters. The first-order chi connectivity index (χ1) is 10.8. The molecule has 134 valence electrons. The van der Waals surface area contributed by atoms with Gasteiger partial charge < -0.3 is 10.4 Å². The van der Waals surface area contributed by atoms with Gasteiger partial charge in [0.15, 0.2) is 5.82 Å². The molecular weight excluding hydrogens is 355 g/mol. The summed E-state index contributed by atoms with van der Waals surface area (Å²) in [5, 5.41) is 10.2. The van der Waals surface area contributed by atoms with Gasteiger partial charge in [0.25, 0.3) is 0 Å². The second kappa shape index (κ2) is 6.57. The van der Waals surface area contributed by atoms with Gasteiger partial charge in [-0.1, -0.05) is 0 Å². The Morgan fingerprint density at radius 1 is 0.958 bits per heavy atom. The van der Waals surface area contributed by atoms with E-state index in [0.717, 1.165) is 0 Å². The van der Waals surface area contributed by atoms with Gasteiger partial charge in [-0.25, -0.2) is 9.37 Å². The highest BCUT2D eigenvalue weighted by Crippen LogP contribution is 2.52. The molecule has 0 aromatic carbocycles. The van der Waals surface area contributed by atoms with Gasteiger partial charge in [-0.3, -0.25) is 14.6 Å². The van der Waals surface area contributed by atoms with E-state index < -0.39 is 54.3 Å². The van der Waals surface area contributed by atoms with Gasteiger partial charge in [-0.15, -0.1) is 0 Å². The molecular formula is C11H8F7N3O3. The number of hydrogen-bond acceptors (Lipinski definition) is 4. The second-order valence-electron chi connectivity index (χ2n) is 4.38. The number of alkyl halides is 7. The zero-order chi connectivity index (χ0) is 18.8. The number of amides is 1. The Morgan fingerprint density at radius 3 is 1.88 bits per heavy atom. The van der Waals surface area contributed by atoms with Crippen molar-refractivity contribution in [2.45, 2.75) is 30.9 Å². The number of carbonyl (C=O) groups is 2. The summed E-state index contributed by atoms with van der Waals surface area (Å²) in [5.41, 5.74) is -7.77. The van der Waals surface area contributed by atoms with E-state index in [0.29, 0.717) is 6.20 Å². The molecule has 1 aromatic heterocycles. The third-order valence-corrected chi connectivity index (χ3v) is 2.62. The highest BCUT2D eigenvalue weighted by Gasteiger charge is 2.74. The van der Waals surface area contributed by atoms with Crippen LogP contribution in [0.5, 0.6) is 0 Å².